The summed E-state index contributed by atoms with van der Waals surface area (Å²) in [5.74, 6) is 0.894. The number of benzene rings is 3. The van der Waals surface area contributed by atoms with E-state index in [9.17, 15) is 9.59 Å². The molecule has 0 saturated heterocycles. The van der Waals surface area contributed by atoms with E-state index in [0.29, 0.717) is 43.6 Å². The van der Waals surface area contributed by atoms with Crippen molar-refractivity contribution in [2.75, 3.05) is 13.4 Å². The van der Waals surface area contributed by atoms with E-state index < -0.39 is 11.9 Å². The molecule has 0 aliphatic carbocycles. The fraction of sp³-hybridized carbons (Fsp3) is 0.0870. The fourth-order valence-electron chi connectivity index (χ4n) is 2.79. The predicted molar refractivity (Wildman–Crippen MR) is 124 cm³/mol. The summed E-state index contributed by atoms with van der Waals surface area (Å²) in [6, 6.07) is 16.5. The summed E-state index contributed by atoms with van der Waals surface area (Å²) in [7, 11) is 0. The molecule has 0 unspecified atom stereocenters. The van der Waals surface area contributed by atoms with Gasteiger partial charge in [-0.3, -0.25) is 4.79 Å². The predicted octanol–water partition coefficient (Wildman–Crippen LogP) is 4.58. The highest BCUT2D eigenvalue weighted by Gasteiger charge is 2.17. The molecular weight excluding hydrogens is 516 g/mol. The van der Waals surface area contributed by atoms with Crippen LogP contribution in [0.3, 0.4) is 0 Å². The van der Waals surface area contributed by atoms with Gasteiger partial charge in [-0.2, -0.15) is 5.10 Å². The third-order valence-corrected chi connectivity index (χ3v) is 5.19. The van der Waals surface area contributed by atoms with Crippen LogP contribution < -0.4 is 24.4 Å². The van der Waals surface area contributed by atoms with Gasteiger partial charge >= 0.3 is 5.97 Å². The summed E-state index contributed by atoms with van der Waals surface area (Å²) < 4.78 is 22.0. The first-order valence-electron chi connectivity index (χ1n) is 9.59. The van der Waals surface area contributed by atoms with Crippen LogP contribution >= 0.6 is 27.5 Å². The van der Waals surface area contributed by atoms with E-state index in [4.69, 9.17) is 30.5 Å². The Morgan fingerprint density at radius 3 is 2.79 bits per heavy atom. The van der Waals surface area contributed by atoms with Crippen LogP contribution in [0.15, 0.2) is 70.2 Å². The molecule has 0 aromatic heterocycles. The van der Waals surface area contributed by atoms with Crippen molar-refractivity contribution >= 4 is 45.6 Å². The van der Waals surface area contributed by atoms with Gasteiger partial charge in [0.25, 0.3) is 5.91 Å². The zero-order valence-corrected chi connectivity index (χ0v) is 19.3. The molecule has 33 heavy (non-hydrogen) atoms. The van der Waals surface area contributed by atoms with Crippen LogP contribution in [0.1, 0.15) is 15.9 Å². The first kappa shape index (κ1) is 22.6. The summed E-state index contributed by atoms with van der Waals surface area (Å²) in [5.41, 5.74) is 3.32. The topological polar surface area (TPSA) is 95.5 Å². The molecule has 1 heterocycles. The zero-order chi connectivity index (χ0) is 23.2. The van der Waals surface area contributed by atoms with Gasteiger partial charge in [0.05, 0.1) is 16.3 Å². The van der Waals surface area contributed by atoms with E-state index in [1.807, 2.05) is 0 Å². The summed E-state index contributed by atoms with van der Waals surface area (Å²) in [4.78, 5) is 24.4. The van der Waals surface area contributed by atoms with Crippen LogP contribution in [-0.4, -0.2) is 31.5 Å². The van der Waals surface area contributed by atoms with Crippen LogP contribution in [0.2, 0.25) is 5.02 Å². The number of ether oxygens (including phenoxy) is 4. The van der Waals surface area contributed by atoms with Crippen LogP contribution in [0, 0.1) is 0 Å². The lowest BCUT2D eigenvalue weighted by atomic mass is 10.2. The lowest BCUT2D eigenvalue weighted by Crippen LogP contribution is -2.24. The second kappa shape index (κ2) is 10.4. The van der Waals surface area contributed by atoms with Crippen LogP contribution in [-0.2, 0) is 4.79 Å². The molecular formula is C23H16BrClN2O6. The Hall–Kier alpha value is -3.56. The average molecular weight is 532 g/mol. The monoisotopic (exact) mass is 530 g/mol. The maximum absolute atomic E-state index is 12.4. The SMILES string of the molecule is O=C(COc1ccc(Cl)cc1Br)N/N=C/c1cccc(OC(=O)c2ccc3c(c2)OCO3)c1. The molecule has 0 atom stereocenters. The molecule has 0 radical (unpaired) electrons. The van der Waals surface area contributed by atoms with Gasteiger partial charge in [0.1, 0.15) is 11.5 Å². The quantitative estimate of drug-likeness (QED) is 0.208. The van der Waals surface area contributed by atoms with Crippen molar-refractivity contribution < 1.29 is 28.5 Å². The second-order valence-corrected chi connectivity index (χ2v) is 7.98. The largest absolute Gasteiger partial charge is 0.483 e. The smallest absolute Gasteiger partial charge is 0.343 e. The minimum atomic E-state index is -0.541. The van der Waals surface area contributed by atoms with Gasteiger partial charge in [-0.1, -0.05) is 23.7 Å². The molecule has 3 aromatic rings. The third kappa shape index (κ3) is 6.03. The number of rotatable bonds is 7. The number of carbonyl (C=O) groups excluding carboxylic acids is 2. The minimum absolute atomic E-state index is 0.122. The van der Waals surface area contributed by atoms with Gasteiger partial charge in [-0.15, -0.1) is 0 Å². The number of amides is 1. The van der Waals surface area contributed by atoms with E-state index in [-0.39, 0.29) is 13.4 Å². The van der Waals surface area contributed by atoms with Crippen molar-refractivity contribution in [3.63, 3.8) is 0 Å². The summed E-state index contributed by atoms with van der Waals surface area (Å²) in [6.45, 7) is -0.110. The van der Waals surface area contributed by atoms with Crippen LogP contribution in [0.4, 0.5) is 0 Å². The normalized spacial score (nSPS) is 11.9. The summed E-state index contributed by atoms with van der Waals surface area (Å²) >= 11 is 9.19. The van der Waals surface area contributed by atoms with E-state index >= 15 is 0 Å². The Kier molecular flexibility index (Phi) is 7.11. The highest BCUT2D eigenvalue weighted by Crippen LogP contribution is 2.33. The standard InChI is InChI=1S/C23H16BrClN2O6/c24-18-10-16(25)5-7-19(18)30-12-22(28)27-26-11-14-2-1-3-17(8-14)33-23(29)15-4-6-20-21(9-15)32-13-31-20/h1-11H,12-13H2,(H,27,28)/b26-11+. The van der Waals surface area contributed by atoms with E-state index in [1.54, 1.807) is 60.7 Å². The van der Waals surface area contributed by atoms with Crippen LogP contribution in [0.25, 0.3) is 0 Å². The Morgan fingerprint density at radius 2 is 1.94 bits per heavy atom. The molecule has 3 aromatic carbocycles. The molecule has 4 rings (SSSR count). The third-order valence-electron chi connectivity index (χ3n) is 4.33. The number of fused-ring (bicyclic) bond motifs is 1. The molecule has 0 fully saturated rings. The van der Waals surface area contributed by atoms with E-state index in [1.165, 1.54) is 6.21 Å². The number of hydrogen-bond donors (Lipinski definition) is 1. The summed E-state index contributed by atoms with van der Waals surface area (Å²) in [5, 5.41) is 4.45. The Labute approximate surface area is 202 Å². The van der Waals surface area contributed by atoms with Gasteiger partial charge in [-0.25, -0.2) is 10.2 Å². The molecule has 0 spiro atoms. The molecule has 1 aliphatic rings. The molecule has 8 nitrogen and oxygen atoms in total. The fourth-order valence-corrected chi connectivity index (χ4v) is 3.59. The van der Waals surface area contributed by atoms with Gasteiger partial charge in [0.15, 0.2) is 18.1 Å². The Balaban J connectivity index is 1.30. The van der Waals surface area contributed by atoms with Gasteiger partial charge in [-0.05, 0) is 70.0 Å². The lowest BCUT2D eigenvalue weighted by molar-refractivity contribution is -0.123. The number of nitrogens with one attached hydrogen (secondary N) is 1. The summed E-state index contributed by atoms with van der Waals surface area (Å²) in [6.07, 6.45) is 1.42. The van der Waals surface area contributed by atoms with Crippen molar-refractivity contribution in [3.8, 4) is 23.0 Å². The maximum atomic E-state index is 12.4. The van der Waals surface area contributed by atoms with Crippen molar-refractivity contribution in [3.05, 3.63) is 81.3 Å². The van der Waals surface area contributed by atoms with Gasteiger partial charge < -0.3 is 18.9 Å². The molecule has 0 saturated carbocycles. The minimum Gasteiger partial charge on any atom is -0.483 e. The zero-order valence-electron chi connectivity index (χ0n) is 16.9. The molecule has 0 bridgehead atoms. The van der Waals surface area contributed by atoms with Crippen LogP contribution in [0.5, 0.6) is 23.0 Å². The highest BCUT2D eigenvalue weighted by atomic mass is 79.9. The number of nitrogens with zero attached hydrogens (tertiary/aromatic N) is 1. The molecule has 1 aliphatic heterocycles. The highest BCUT2D eigenvalue weighted by molar-refractivity contribution is 9.10. The molecule has 10 heteroatoms. The first-order chi connectivity index (χ1) is 16.0. The van der Waals surface area contributed by atoms with Crippen molar-refractivity contribution in [1.29, 1.82) is 0 Å². The number of carbonyl (C=O) groups is 2. The molecule has 168 valence electrons. The number of halogens is 2. The average Bonchev–Trinajstić information content (AvgIpc) is 3.27. The Bertz CT molecular complexity index is 1230. The lowest BCUT2D eigenvalue weighted by Gasteiger charge is -2.07. The molecule has 1 amide bonds. The second-order valence-electron chi connectivity index (χ2n) is 6.69. The van der Waals surface area contributed by atoms with Crippen molar-refractivity contribution in [2.24, 2.45) is 5.10 Å². The van der Waals surface area contributed by atoms with Gasteiger partial charge in [0.2, 0.25) is 6.79 Å². The Morgan fingerprint density at radius 1 is 1.09 bits per heavy atom. The first-order valence-corrected chi connectivity index (χ1v) is 10.8. The number of hydrazone groups is 1. The number of hydrogen-bond acceptors (Lipinski definition) is 7. The van der Waals surface area contributed by atoms with Crippen molar-refractivity contribution in [1.82, 2.24) is 5.43 Å². The van der Waals surface area contributed by atoms with Gasteiger partial charge in [0, 0.05) is 5.02 Å². The van der Waals surface area contributed by atoms with Crippen molar-refractivity contribution in [2.45, 2.75) is 0 Å². The van der Waals surface area contributed by atoms with E-state index in [0.717, 1.165) is 0 Å². The maximum Gasteiger partial charge on any atom is 0.343 e. The molecule has 1 N–H and O–H groups in total. The number of esters is 1. The van der Waals surface area contributed by atoms with E-state index in [2.05, 4.69) is 26.5 Å².